The first-order valence-corrected chi connectivity index (χ1v) is 11.3. The Morgan fingerprint density at radius 3 is 2.56 bits per heavy atom. The standard InChI is InChI=1S/C26H27N3O3/c1-17-22-15-20(19-11-13-28(14-12-19)16-18-5-3-2-4-6-18)7-8-21(22)26(32)29(17)23-9-10-24(30)27-25(23)31/h2-8,11,15,17,23H,9-10,12-14,16H2,1H3,(H,27,30,31)/t17-,23+/m1/s1. The van der Waals surface area contributed by atoms with Crippen molar-refractivity contribution in [3.63, 3.8) is 0 Å². The van der Waals surface area contributed by atoms with Gasteiger partial charge in [0.25, 0.3) is 5.91 Å². The molecule has 6 heteroatoms. The van der Waals surface area contributed by atoms with Gasteiger partial charge in [-0.05, 0) is 54.2 Å². The average Bonchev–Trinajstić information content (AvgIpc) is 3.05. The second-order valence-corrected chi connectivity index (χ2v) is 8.86. The maximum Gasteiger partial charge on any atom is 0.255 e. The minimum atomic E-state index is -0.591. The summed E-state index contributed by atoms with van der Waals surface area (Å²) in [5.74, 6) is -0.765. The molecule has 1 fully saturated rings. The zero-order valence-electron chi connectivity index (χ0n) is 18.2. The Morgan fingerprint density at radius 2 is 1.84 bits per heavy atom. The summed E-state index contributed by atoms with van der Waals surface area (Å²) in [6, 6.07) is 15.8. The van der Waals surface area contributed by atoms with E-state index in [1.807, 2.05) is 25.1 Å². The predicted octanol–water partition coefficient (Wildman–Crippen LogP) is 3.30. The Hall–Kier alpha value is -3.25. The van der Waals surface area contributed by atoms with E-state index in [-0.39, 0.29) is 30.2 Å². The highest BCUT2D eigenvalue weighted by Crippen LogP contribution is 2.38. The fourth-order valence-corrected chi connectivity index (χ4v) is 5.09. The van der Waals surface area contributed by atoms with Crippen molar-refractivity contribution in [1.82, 2.24) is 15.1 Å². The number of rotatable bonds is 4. The van der Waals surface area contributed by atoms with Gasteiger partial charge in [0.15, 0.2) is 0 Å². The van der Waals surface area contributed by atoms with Crippen molar-refractivity contribution in [3.05, 3.63) is 76.9 Å². The van der Waals surface area contributed by atoms with Gasteiger partial charge in [0.1, 0.15) is 6.04 Å². The number of nitrogens with zero attached hydrogens (tertiary/aromatic N) is 2. The number of hydrogen-bond donors (Lipinski definition) is 1. The summed E-state index contributed by atoms with van der Waals surface area (Å²) in [5, 5.41) is 2.37. The molecule has 3 amide bonds. The minimum absolute atomic E-state index is 0.125. The van der Waals surface area contributed by atoms with Gasteiger partial charge in [0.05, 0.1) is 6.04 Å². The van der Waals surface area contributed by atoms with Crippen molar-refractivity contribution in [2.45, 2.75) is 44.8 Å². The molecule has 1 saturated heterocycles. The van der Waals surface area contributed by atoms with Crippen LogP contribution in [0.1, 0.15) is 59.3 Å². The Labute approximate surface area is 187 Å². The van der Waals surface area contributed by atoms with E-state index in [9.17, 15) is 14.4 Å². The molecule has 3 heterocycles. The molecule has 3 aliphatic rings. The van der Waals surface area contributed by atoms with Crippen LogP contribution in [-0.4, -0.2) is 46.7 Å². The second-order valence-electron chi connectivity index (χ2n) is 8.86. The molecule has 2 atom stereocenters. The second kappa shape index (κ2) is 8.36. The van der Waals surface area contributed by atoms with Crippen LogP contribution in [0.25, 0.3) is 5.57 Å². The lowest BCUT2D eigenvalue weighted by Crippen LogP contribution is -2.53. The molecular weight excluding hydrogens is 402 g/mol. The first-order chi connectivity index (χ1) is 15.5. The van der Waals surface area contributed by atoms with Gasteiger partial charge in [-0.25, -0.2) is 0 Å². The van der Waals surface area contributed by atoms with Crippen LogP contribution in [0.15, 0.2) is 54.6 Å². The average molecular weight is 430 g/mol. The van der Waals surface area contributed by atoms with Crippen LogP contribution in [0.2, 0.25) is 0 Å². The maximum absolute atomic E-state index is 13.1. The van der Waals surface area contributed by atoms with E-state index in [1.165, 1.54) is 11.1 Å². The van der Waals surface area contributed by atoms with Crippen LogP contribution in [0.5, 0.6) is 0 Å². The number of nitrogens with one attached hydrogen (secondary N) is 1. The molecule has 0 aliphatic carbocycles. The summed E-state index contributed by atoms with van der Waals surface area (Å²) in [6.07, 6.45) is 3.89. The number of carbonyl (C=O) groups is 3. The Morgan fingerprint density at radius 1 is 1.03 bits per heavy atom. The minimum Gasteiger partial charge on any atom is -0.320 e. The van der Waals surface area contributed by atoms with Gasteiger partial charge in [-0.15, -0.1) is 0 Å². The summed E-state index contributed by atoms with van der Waals surface area (Å²) in [6.45, 7) is 4.81. The number of carbonyl (C=O) groups excluding carboxylic acids is 3. The Kier molecular flexibility index (Phi) is 5.39. The number of imide groups is 1. The summed E-state index contributed by atoms with van der Waals surface area (Å²) in [7, 11) is 0. The summed E-state index contributed by atoms with van der Waals surface area (Å²) >= 11 is 0. The molecule has 0 aromatic heterocycles. The van der Waals surface area contributed by atoms with Crippen molar-refractivity contribution in [1.29, 1.82) is 0 Å². The highest BCUT2D eigenvalue weighted by Gasteiger charge is 2.43. The van der Waals surface area contributed by atoms with E-state index in [4.69, 9.17) is 0 Å². The summed E-state index contributed by atoms with van der Waals surface area (Å²) < 4.78 is 0. The molecule has 0 radical (unpaired) electrons. The lowest BCUT2D eigenvalue weighted by molar-refractivity contribution is -0.137. The van der Waals surface area contributed by atoms with Crippen molar-refractivity contribution in [3.8, 4) is 0 Å². The van der Waals surface area contributed by atoms with Crippen molar-refractivity contribution in [2.75, 3.05) is 13.1 Å². The Balaban J connectivity index is 1.32. The first-order valence-electron chi connectivity index (χ1n) is 11.3. The molecule has 6 nitrogen and oxygen atoms in total. The molecule has 0 bridgehead atoms. The number of hydrogen-bond acceptors (Lipinski definition) is 4. The van der Waals surface area contributed by atoms with Gasteiger partial charge < -0.3 is 4.90 Å². The third-order valence-electron chi connectivity index (χ3n) is 6.84. The van der Waals surface area contributed by atoms with Gasteiger partial charge in [-0.2, -0.15) is 0 Å². The topological polar surface area (TPSA) is 69.7 Å². The molecule has 0 unspecified atom stereocenters. The highest BCUT2D eigenvalue weighted by molar-refractivity contribution is 6.06. The maximum atomic E-state index is 13.1. The molecule has 1 N–H and O–H groups in total. The van der Waals surface area contributed by atoms with Crippen molar-refractivity contribution < 1.29 is 14.4 Å². The van der Waals surface area contributed by atoms with Crippen molar-refractivity contribution >= 4 is 23.3 Å². The van der Waals surface area contributed by atoms with Crippen LogP contribution in [-0.2, 0) is 16.1 Å². The van der Waals surface area contributed by atoms with E-state index < -0.39 is 6.04 Å². The van der Waals surface area contributed by atoms with E-state index >= 15 is 0 Å². The molecule has 0 spiro atoms. The van der Waals surface area contributed by atoms with Gasteiger partial charge in [0, 0.05) is 31.6 Å². The highest BCUT2D eigenvalue weighted by atomic mass is 16.2. The third-order valence-corrected chi connectivity index (χ3v) is 6.84. The van der Waals surface area contributed by atoms with Crippen LogP contribution in [0.4, 0.5) is 0 Å². The SMILES string of the molecule is C[C@@H]1c2cc(C3=CCN(Cc4ccccc4)CC3)ccc2C(=O)N1[C@H]1CCC(=O)NC1=O. The van der Waals surface area contributed by atoms with Crippen LogP contribution >= 0.6 is 0 Å². The number of fused-ring (bicyclic) bond motifs is 1. The van der Waals surface area contributed by atoms with Gasteiger partial charge in [-0.1, -0.05) is 42.5 Å². The molecular formula is C26H27N3O3. The van der Waals surface area contributed by atoms with Gasteiger partial charge >= 0.3 is 0 Å². The van der Waals surface area contributed by atoms with Gasteiger partial charge in [0.2, 0.25) is 11.8 Å². The zero-order valence-corrected chi connectivity index (χ0v) is 18.2. The van der Waals surface area contributed by atoms with E-state index in [0.29, 0.717) is 12.0 Å². The molecule has 5 rings (SSSR count). The summed E-state index contributed by atoms with van der Waals surface area (Å²) in [5.41, 5.74) is 5.39. The first kappa shape index (κ1) is 20.6. The Bertz CT molecular complexity index is 1110. The van der Waals surface area contributed by atoms with Crippen molar-refractivity contribution in [2.24, 2.45) is 0 Å². The smallest absolute Gasteiger partial charge is 0.255 e. The molecule has 0 saturated carbocycles. The molecule has 3 aliphatic heterocycles. The fourth-order valence-electron chi connectivity index (χ4n) is 5.09. The third kappa shape index (κ3) is 3.75. The molecule has 2 aromatic rings. The van der Waals surface area contributed by atoms with E-state index in [0.717, 1.165) is 37.2 Å². The zero-order chi connectivity index (χ0) is 22.2. The quantitative estimate of drug-likeness (QED) is 0.758. The number of piperidine rings is 1. The molecule has 32 heavy (non-hydrogen) atoms. The molecule has 164 valence electrons. The lowest BCUT2D eigenvalue weighted by Gasteiger charge is -2.33. The van der Waals surface area contributed by atoms with Gasteiger partial charge in [-0.3, -0.25) is 24.6 Å². The monoisotopic (exact) mass is 429 g/mol. The van der Waals surface area contributed by atoms with Crippen LogP contribution in [0.3, 0.4) is 0 Å². The number of benzene rings is 2. The van der Waals surface area contributed by atoms with E-state index in [1.54, 1.807) is 4.90 Å². The van der Waals surface area contributed by atoms with Crippen LogP contribution in [0, 0.1) is 0 Å². The summed E-state index contributed by atoms with van der Waals surface area (Å²) in [4.78, 5) is 41.0. The normalized spacial score (nSPS) is 23.7. The fraction of sp³-hybridized carbons (Fsp3) is 0.346. The number of amides is 3. The predicted molar refractivity (Wildman–Crippen MR) is 122 cm³/mol. The lowest BCUT2D eigenvalue weighted by atomic mass is 9.94. The van der Waals surface area contributed by atoms with Crippen LogP contribution < -0.4 is 5.32 Å². The molecule has 2 aromatic carbocycles. The van der Waals surface area contributed by atoms with E-state index in [2.05, 4.69) is 46.6 Å². The largest absolute Gasteiger partial charge is 0.320 e.